The number of hydrogen-bond donors (Lipinski definition) is 1. The quantitative estimate of drug-likeness (QED) is 0.800. The second-order valence-electron chi connectivity index (χ2n) is 4.13. The highest BCUT2D eigenvalue weighted by Crippen LogP contribution is 2.24. The van der Waals surface area contributed by atoms with Crippen molar-refractivity contribution in [1.82, 2.24) is 9.38 Å². The molecule has 0 atom stereocenters. The van der Waals surface area contributed by atoms with Crippen LogP contribution in [0.1, 0.15) is 11.3 Å². The molecule has 0 aliphatic carbocycles. The molecule has 3 aromatic rings. The van der Waals surface area contributed by atoms with Gasteiger partial charge < -0.3 is 10.1 Å². The van der Waals surface area contributed by atoms with Crippen molar-refractivity contribution in [2.75, 3.05) is 12.4 Å². The Bertz CT molecular complexity index is 784. The maximum Gasteiger partial charge on any atom is 0.238 e. The van der Waals surface area contributed by atoms with Crippen LogP contribution in [0.2, 0.25) is 0 Å². The molecule has 0 fully saturated rings. The molecule has 0 bridgehead atoms. The summed E-state index contributed by atoms with van der Waals surface area (Å²) in [6.45, 7) is 0.541. The number of aromatic nitrogens is 2. The van der Waals surface area contributed by atoms with Gasteiger partial charge in [-0.05, 0) is 12.1 Å². The first-order valence-corrected chi connectivity index (χ1v) is 6.93. The van der Waals surface area contributed by atoms with E-state index in [2.05, 4.69) is 16.4 Å². The number of nitrogens with one attached hydrogen (secondary N) is 1. The third kappa shape index (κ3) is 2.08. The molecule has 2 aromatic heterocycles. The number of benzene rings is 1. The fourth-order valence-corrected chi connectivity index (χ4v) is 2.78. The summed E-state index contributed by atoms with van der Waals surface area (Å²) in [5.41, 5.74) is 2.37. The van der Waals surface area contributed by atoms with Gasteiger partial charge in [0.2, 0.25) is 5.88 Å². The molecule has 20 heavy (non-hydrogen) atoms. The van der Waals surface area contributed by atoms with E-state index in [1.54, 1.807) is 24.5 Å². The van der Waals surface area contributed by atoms with Crippen LogP contribution in [0, 0.1) is 11.3 Å². The van der Waals surface area contributed by atoms with Gasteiger partial charge in [-0.1, -0.05) is 12.1 Å². The SMILES string of the molecule is COc1nc2sccn2c1CNc1ccccc1C#N. The summed E-state index contributed by atoms with van der Waals surface area (Å²) in [4.78, 5) is 5.30. The fourth-order valence-electron chi connectivity index (χ4n) is 2.05. The van der Waals surface area contributed by atoms with E-state index in [1.165, 1.54) is 0 Å². The van der Waals surface area contributed by atoms with Gasteiger partial charge in [-0.25, -0.2) is 0 Å². The number of para-hydroxylation sites is 1. The van der Waals surface area contributed by atoms with Crippen LogP contribution in [-0.4, -0.2) is 16.5 Å². The van der Waals surface area contributed by atoms with Gasteiger partial charge in [0, 0.05) is 11.6 Å². The van der Waals surface area contributed by atoms with Gasteiger partial charge in [-0.3, -0.25) is 4.40 Å². The van der Waals surface area contributed by atoms with E-state index >= 15 is 0 Å². The van der Waals surface area contributed by atoms with Crippen molar-refractivity contribution in [2.45, 2.75) is 6.54 Å². The minimum atomic E-state index is 0.541. The van der Waals surface area contributed by atoms with Crippen LogP contribution < -0.4 is 10.1 Å². The maximum atomic E-state index is 9.08. The summed E-state index contributed by atoms with van der Waals surface area (Å²) in [6, 6.07) is 9.59. The van der Waals surface area contributed by atoms with E-state index in [0.29, 0.717) is 18.0 Å². The molecular formula is C14H12N4OS. The lowest BCUT2D eigenvalue weighted by molar-refractivity contribution is 0.395. The number of rotatable bonds is 4. The molecule has 2 heterocycles. The Labute approximate surface area is 120 Å². The highest BCUT2D eigenvalue weighted by atomic mass is 32.1. The third-order valence-electron chi connectivity index (χ3n) is 3.01. The van der Waals surface area contributed by atoms with Crippen LogP contribution in [0.15, 0.2) is 35.8 Å². The van der Waals surface area contributed by atoms with Gasteiger partial charge in [-0.15, -0.1) is 11.3 Å². The van der Waals surface area contributed by atoms with Gasteiger partial charge in [0.05, 0.1) is 24.9 Å². The first-order valence-electron chi connectivity index (χ1n) is 6.05. The molecular weight excluding hydrogens is 272 g/mol. The minimum Gasteiger partial charge on any atom is -0.480 e. The normalized spacial score (nSPS) is 10.4. The van der Waals surface area contributed by atoms with Crippen molar-refractivity contribution in [3.8, 4) is 11.9 Å². The first kappa shape index (κ1) is 12.5. The molecule has 3 rings (SSSR count). The lowest BCUT2D eigenvalue weighted by atomic mass is 10.2. The number of methoxy groups -OCH3 is 1. The van der Waals surface area contributed by atoms with Gasteiger partial charge in [-0.2, -0.15) is 10.2 Å². The van der Waals surface area contributed by atoms with E-state index in [0.717, 1.165) is 16.3 Å². The molecule has 1 N–H and O–H groups in total. The lowest BCUT2D eigenvalue weighted by Gasteiger charge is -2.08. The Kier molecular flexibility index (Phi) is 3.27. The molecule has 0 amide bonds. The minimum absolute atomic E-state index is 0.541. The maximum absolute atomic E-state index is 9.08. The number of ether oxygens (including phenoxy) is 1. The van der Waals surface area contributed by atoms with E-state index in [1.807, 2.05) is 34.2 Å². The summed E-state index contributed by atoms with van der Waals surface area (Å²) in [5.74, 6) is 0.610. The van der Waals surface area contributed by atoms with E-state index in [-0.39, 0.29) is 0 Å². The number of fused-ring (bicyclic) bond motifs is 1. The Morgan fingerprint density at radius 3 is 3.10 bits per heavy atom. The smallest absolute Gasteiger partial charge is 0.238 e. The van der Waals surface area contributed by atoms with Gasteiger partial charge in [0.15, 0.2) is 4.96 Å². The van der Waals surface area contributed by atoms with Crippen molar-refractivity contribution in [3.05, 3.63) is 47.1 Å². The van der Waals surface area contributed by atoms with Crippen molar-refractivity contribution >= 4 is 22.0 Å². The fraction of sp³-hybridized carbons (Fsp3) is 0.143. The zero-order valence-corrected chi connectivity index (χ0v) is 11.6. The van der Waals surface area contributed by atoms with E-state index < -0.39 is 0 Å². The zero-order chi connectivity index (χ0) is 13.9. The highest BCUT2D eigenvalue weighted by molar-refractivity contribution is 7.15. The molecule has 0 unspecified atom stereocenters. The summed E-state index contributed by atoms with van der Waals surface area (Å²) < 4.78 is 7.29. The predicted octanol–water partition coefficient (Wildman–Crippen LogP) is 2.89. The molecule has 6 heteroatoms. The molecule has 1 aromatic carbocycles. The molecule has 0 radical (unpaired) electrons. The van der Waals surface area contributed by atoms with Crippen LogP contribution in [-0.2, 0) is 6.54 Å². The Morgan fingerprint density at radius 1 is 1.45 bits per heavy atom. The lowest BCUT2D eigenvalue weighted by Crippen LogP contribution is -2.04. The van der Waals surface area contributed by atoms with E-state index in [4.69, 9.17) is 10.00 Å². The molecule has 0 saturated carbocycles. The number of anilines is 1. The third-order valence-corrected chi connectivity index (χ3v) is 3.77. The Morgan fingerprint density at radius 2 is 2.30 bits per heavy atom. The van der Waals surface area contributed by atoms with Gasteiger partial charge in [0.1, 0.15) is 11.8 Å². The van der Waals surface area contributed by atoms with Crippen LogP contribution in [0.25, 0.3) is 4.96 Å². The van der Waals surface area contributed by atoms with Crippen LogP contribution in [0.5, 0.6) is 5.88 Å². The largest absolute Gasteiger partial charge is 0.480 e. The van der Waals surface area contributed by atoms with Gasteiger partial charge >= 0.3 is 0 Å². The number of nitrogens with zero attached hydrogens (tertiary/aromatic N) is 3. The molecule has 100 valence electrons. The summed E-state index contributed by atoms with van der Waals surface area (Å²) in [5, 5.41) is 14.3. The average molecular weight is 284 g/mol. The predicted molar refractivity (Wildman–Crippen MR) is 78.1 cm³/mol. The monoisotopic (exact) mass is 284 g/mol. The number of hydrogen-bond acceptors (Lipinski definition) is 5. The molecule has 0 aliphatic heterocycles. The van der Waals surface area contributed by atoms with Crippen molar-refractivity contribution in [3.63, 3.8) is 0 Å². The first-order chi connectivity index (χ1) is 9.83. The standard InChI is InChI=1S/C14H12N4OS/c1-19-13-12(18-6-7-20-14(18)17-13)9-16-11-5-3-2-4-10(11)8-15/h2-7,16H,9H2,1H3. The Balaban J connectivity index is 1.90. The number of nitriles is 1. The summed E-state index contributed by atoms with van der Waals surface area (Å²) >= 11 is 1.56. The van der Waals surface area contributed by atoms with Gasteiger partial charge in [0.25, 0.3) is 0 Å². The molecule has 5 nitrogen and oxygen atoms in total. The van der Waals surface area contributed by atoms with Crippen LogP contribution >= 0.6 is 11.3 Å². The highest BCUT2D eigenvalue weighted by Gasteiger charge is 2.13. The molecule has 0 spiro atoms. The van der Waals surface area contributed by atoms with Crippen LogP contribution in [0.3, 0.4) is 0 Å². The number of thiazole rings is 1. The molecule has 0 saturated heterocycles. The summed E-state index contributed by atoms with van der Waals surface area (Å²) in [6.07, 6.45) is 1.96. The molecule has 0 aliphatic rings. The average Bonchev–Trinajstić information content (AvgIpc) is 3.06. The zero-order valence-electron chi connectivity index (χ0n) is 10.8. The summed E-state index contributed by atoms with van der Waals surface area (Å²) in [7, 11) is 1.61. The van der Waals surface area contributed by atoms with Crippen molar-refractivity contribution in [2.24, 2.45) is 0 Å². The Hall–Kier alpha value is -2.52. The second-order valence-corrected chi connectivity index (χ2v) is 5.01. The van der Waals surface area contributed by atoms with Crippen LogP contribution in [0.4, 0.5) is 5.69 Å². The van der Waals surface area contributed by atoms with Crippen molar-refractivity contribution in [1.29, 1.82) is 5.26 Å². The number of imidazole rings is 1. The topological polar surface area (TPSA) is 62.4 Å². The van der Waals surface area contributed by atoms with E-state index in [9.17, 15) is 0 Å². The van der Waals surface area contributed by atoms with Crippen molar-refractivity contribution < 1.29 is 4.74 Å². The second kappa shape index (κ2) is 5.23.